The lowest BCUT2D eigenvalue weighted by molar-refractivity contribution is 0.0656. The van der Waals surface area contributed by atoms with Crippen LogP contribution in [0.2, 0.25) is 4.34 Å². The van der Waals surface area contributed by atoms with Gasteiger partial charge in [0.25, 0.3) is 0 Å². The van der Waals surface area contributed by atoms with E-state index < -0.39 is 11.9 Å². The van der Waals surface area contributed by atoms with E-state index in [0.717, 1.165) is 17.4 Å². The monoisotopic (exact) mass is 206 g/mol. The topological polar surface area (TPSA) is 74.6 Å². The third kappa shape index (κ3) is 1.57. The van der Waals surface area contributed by atoms with Crippen molar-refractivity contribution in [2.45, 2.75) is 0 Å². The molecule has 0 atom stereocenters. The number of carboxylic acids is 2. The minimum absolute atomic E-state index is 0.157. The van der Waals surface area contributed by atoms with Crippen LogP contribution in [0.1, 0.15) is 20.0 Å². The Hall–Kier alpha value is -1.07. The third-order valence-corrected chi connectivity index (χ3v) is 2.38. The molecular formula is C6H3ClO4S. The van der Waals surface area contributed by atoms with Crippen LogP contribution in [0.3, 0.4) is 0 Å². The highest BCUT2D eigenvalue weighted by atomic mass is 35.5. The summed E-state index contributed by atoms with van der Waals surface area (Å²) in [7, 11) is 0. The molecule has 0 amide bonds. The van der Waals surface area contributed by atoms with Crippen LogP contribution in [0.25, 0.3) is 0 Å². The average Bonchev–Trinajstić information content (AvgIpc) is 2.31. The van der Waals surface area contributed by atoms with E-state index in [-0.39, 0.29) is 14.8 Å². The predicted octanol–water partition coefficient (Wildman–Crippen LogP) is 1.80. The molecule has 1 aromatic rings. The molecule has 2 N–H and O–H groups in total. The van der Waals surface area contributed by atoms with Gasteiger partial charge in [0.15, 0.2) is 0 Å². The summed E-state index contributed by atoms with van der Waals surface area (Å²) < 4.78 is 0.157. The van der Waals surface area contributed by atoms with E-state index in [9.17, 15) is 9.59 Å². The molecule has 0 unspecified atom stereocenters. The summed E-state index contributed by atoms with van der Waals surface area (Å²) in [5.41, 5.74) is -0.266. The summed E-state index contributed by atoms with van der Waals surface area (Å²) in [5.74, 6) is -2.56. The van der Waals surface area contributed by atoms with Gasteiger partial charge in [0, 0.05) is 0 Å². The average molecular weight is 207 g/mol. The smallest absolute Gasteiger partial charge is 0.346 e. The normalized spacial score (nSPS) is 9.75. The number of hydrogen-bond acceptors (Lipinski definition) is 3. The highest BCUT2D eigenvalue weighted by Crippen LogP contribution is 2.26. The van der Waals surface area contributed by atoms with Gasteiger partial charge in [-0.1, -0.05) is 11.6 Å². The van der Waals surface area contributed by atoms with Gasteiger partial charge in [-0.25, -0.2) is 9.59 Å². The minimum atomic E-state index is -1.28. The summed E-state index contributed by atoms with van der Waals surface area (Å²) in [5, 5.41) is 17.0. The predicted molar refractivity (Wildman–Crippen MR) is 43.2 cm³/mol. The zero-order chi connectivity index (χ0) is 9.30. The van der Waals surface area contributed by atoms with Crippen molar-refractivity contribution in [1.82, 2.24) is 0 Å². The summed E-state index contributed by atoms with van der Waals surface area (Å²) in [6, 6.07) is 1.12. The van der Waals surface area contributed by atoms with E-state index in [1.165, 1.54) is 0 Å². The molecule has 1 rings (SSSR count). The first-order chi connectivity index (χ1) is 5.52. The first-order valence-electron chi connectivity index (χ1n) is 2.78. The highest BCUT2D eigenvalue weighted by Gasteiger charge is 2.19. The fourth-order valence-electron chi connectivity index (χ4n) is 0.679. The molecule has 0 aliphatic carbocycles. The summed E-state index contributed by atoms with van der Waals surface area (Å²) in [6.07, 6.45) is 0. The molecule has 0 bridgehead atoms. The molecule has 4 nitrogen and oxygen atoms in total. The fraction of sp³-hybridized carbons (Fsp3) is 0. The van der Waals surface area contributed by atoms with Gasteiger partial charge >= 0.3 is 11.9 Å². The lowest BCUT2D eigenvalue weighted by atomic mass is 10.2. The maximum Gasteiger partial charge on any atom is 0.346 e. The first-order valence-corrected chi connectivity index (χ1v) is 3.97. The van der Waals surface area contributed by atoms with E-state index in [1.807, 2.05) is 0 Å². The van der Waals surface area contributed by atoms with E-state index in [4.69, 9.17) is 21.8 Å². The molecule has 1 aromatic heterocycles. The minimum Gasteiger partial charge on any atom is -0.478 e. The quantitative estimate of drug-likeness (QED) is 0.774. The van der Waals surface area contributed by atoms with Crippen molar-refractivity contribution >= 4 is 34.9 Å². The number of aromatic carboxylic acids is 2. The lowest BCUT2D eigenvalue weighted by Crippen LogP contribution is -2.03. The van der Waals surface area contributed by atoms with Gasteiger partial charge in [0.1, 0.15) is 4.88 Å². The zero-order valence-corrected chi connectivity index (χ0v) is 7.15. The number of thiophene rings is 1. The number of carbonyl (C=O) groups is 2. The Morgan fingerprint density at radius 1 is 1.33 bits per heavy atom. The van der Waals surface area contributed by atoms with Crippen molar-refractivity contribution in [3.05, 3.63) is 20.8 Å². The van der Waals surface area contributed by atoms with Crippen LogP contribution in [0, 0.1) is 0 Å². The van der Waals surface area contributed by atoms with Gasteiger partial charge in [-0.3, -0.25) is 0 Å². The molecule has 0 aliphatic heterocycles. The molecule has 0 fully saturated rings. The molecule has 0 spiro atoms. The molecule has 64 valence electrons. The van der Waals surface area contributed by atoms with Crippen LogP contribution in [0.4, 0.5) is 0 Å². The van der Waals surface area contributed by atoms with E-state index in [0.29, 0.717) is 0 Å². The molecule has 0 saturated carbocycles. The largest absolute Gasteiger partial charge is 0.478 e. The standard InChI is InChI=1S/C6H3ClO4S/c7-3-1-2(5(8)9)4(12-3)6(10)11/h1H,(H,8,9)(H,10,11). The number of carboxylic acid groups (broad SMARTS) is 2. The Kier molecular flexibility index (Phi) is 2.35. The van der Waals surface area contributed by atoms with Gasteiger partial charge in [0.2, 0.25) is 0 Å². The molecule has 0 radical (unpaired) electrons. The second kappa shape index (κ2) is 3.12. The number of rotatable bonds is 2. The summed E-state index contributed by atoms with van der Waals surface area (Å²) in [4.78, 5) is 20.6. The fourth-order valence-corrected chi connectivity index (χ4v) is 1.73. The zero-order valence-electron chi connectivity index (χ0n) is 5.57. The molecule has 0 aliphatic rings. The van der Waals surface area contributed by atoms with Crippen molar-refractivity contribution in [1.29, 1.82) is 0 Å². The van der Waals surface area contributed by atoms with Crippen molar-refractivity contribution in [2.75, 3.05) is 0 Å². The van der Waals surface area contributed by atoms with Crippen LogP contribution in [0.5, 0.6) is 0 Å². The van der Waals surface area contributed by atoms with Gasteiger partial charge in [-0.15, -0.1) is 11.3 Å². The van der Waals surface area contributed by atoms with E-state index in [1.54, 1.807) is 0 Å². The molecule has 12 heavy (non-hydrogen) atoms. The number of hydrogen-bond donors (Lipinski definition) is 2. The molecule has 1 heterocycles. The highest BCUT2D eigenvalue weighted by molar-refractivity contribution is 7.18. The van der Waals surface area contributed by atoms with Crippen molar-refractivity contribution in [2.24, 2.45) is 0 Å². The maximum atomic E-state index is 10.4. The van der Waals surface area contributed by atoms with Crippen molar-refractivity contribution in [3.63, 3.8) is 0 Å². The lowest BCUT2D eigenvalue weighted by Gasteiger charge is -1.89. The molecule has 6 heteroatoms. The van der Waals surface area contributed by atoms with Crippen molar-refractivity contribution in [3.8, 4) is 0 Å². The van der Waals surface area contributed by atoms with Gasteiger partial charge in [0.05, 0.1) is 9.90 Å². The van der Waals surface area contributed by atoms with Crippen LogP contribution in [-0.2, 0) is 0 Å². The molecular weight excluding hydrogens is 204 g/mol. The van der Waals surface area contributed by atoms with Gasteiger partial charge in [-0.2, -0.15) is 0 Å². The van der Waals surface area contributed by atoms with Gasteiger partial charge in [-0.05, 0) is 6.07 Å². The number of halogens is 1. The van der Waals surface area contributed by atoms with E-state index in [2.05, 4.69) is 0 Å². The summed E-state index contributed by atoms with van der Waals surface area (Å²) >= 11 is 6.18. The Morgan fingerprint density at radius 2 is 1.92 bits per heavy atom. The van der Waals surface area contributed by atoms with Crippen LogP contribution in [0.15, 0.2) is 6.07 Å². The van der Waals surface area contributed by atoms with Gasteiger partial charge < -0.3 is 10.2 Å². The summed E-state index contributed by atoms with van der Waals surface area (Å²) in [6.45, 7) is 0. The maximum absolute atomic E-state index is 10.4. The van der Waals surface area contributed by atoms with E-state index >= 15 is 0 Å². The second-order valence-electron chi connectivity index (χ2n) is 1.90. The van der Waals surface area contributed by atoms with Crippen LogP contribution >= 0.6 is 22.9 Å². The molecule has 0 aromatic carbocycles. The third-order valence-electron chi connectivity index (χ3n) is 1.13. The first kappa shape index (κ1) is 9.02. The Morgan fingerprint density at radius 3 is 2.25 bits per heavy atom. The Labute approximate surface area is 76.0 Å². The van der Waals surface area contributed by atoms with Crippen LogP contribution < -0.4 is 0 Å². The second-order valence-corrected chi connectivity index (χ2v) is 3.59. The Bertz CT molecular complexity index is 312. The van der Waals surface area contributed by atoms with Crippen LogP contribution in [-0.4, -0.2) is 22.2 Å². The SMILES string of the molecule is O=C(O)c1cc(Cl)sc1C(=O)O. The molecule has 0 saturated heterocycles. The Balaban J connectivity index is 3.26. The van der Waals surface area contributed by atoms with Crippen molar-refractivity contribution < 1.29 is 19.8 Å².